The number of hydrogen-bond donors (Lipinski definition) is 0. The molecule has 0 aromatic heterocycles. The van der Waals surface area contributed by atoms with Crippen LogP contribution in [0.1, 0.15) is 44.9 Å². The first kappa shape index (κ1) is 9.87. The quantitative estimate of drug-likeness (QED) is 0.604. The molecule has 72 valence electrons. The van der Waals surface area contributed by atoms with Gasteiger partial charge in [-0.25, -0.2) is 0 Å². The summed E-state index contributed by atoms with van der Waals surface area (Å²) < 4.78 is 35.4. The van der Waals surface area contributed by atoms with Gasteiger partial charge in [-0.15, -0.1) is 0 Å². The molecule has 1 fully saturated rings. The average Bonchev–Trinajstić information content (AvgIpc) is 2.02. The summed E-state index contributed by atoms with van der Waals surface area (Å²) in [6, 6.07) is 0. The largest absolute Gasteiger partial charge is 0.389 e. The number of hydrogen-bond acceptors (Lipinski definition) is 0. The Hall–Kier alpha value is -0.210. The molecule has 1 aliphatic carbocycles. The van der Waals surface area contributed by atoms with Crippen LogP contribution >= 0.6 is 0 Å². The molecule has 0 nitrogen and oxygen atoms in total. The third-order valence-corrected chi connectivity index (χ3v) is 2.56. The van der Waals surface area contributed by atoms with E-state index in [1.54, 1.807) is 0 Å². The fraction of sp³-hybridized carbons (Fsp3) is 1.00. The first-order chi connectivity index (χ1) is 5.58. The SMILES string of the molecule is FC(F)(F)CCC1CCCCC1. The van der Waals surface area contributed by atoms with E-state index in [9.17, 15) is 13.2 Å². The van der Waals surface area contributed by atoms with Crippen molar-refractivity contribution in [2.24, 2.45) is 5.92 Å². The minimum absolute atomic E-state index is 0.348. The maximum atomic E-state index is 11.8. The molecule has 0 N–H and O–H groups in total. The summed E-state index contributed by atoms with van der Waals surface area (Å²) in [4.78, 5) is 0. The molecule has 0 unspecified atom stereocenters. The van der Waals surface area contributed by atoms with Gasteiger partial charge in [0.05, 0.1) is 0 Å². The highest BCUT2D eigenvalue weighted by Crippen LogP contribution is 2.31. The van der Waals surface area contributed by atoms with Gasteiger partial charge in [-0.3, -0.25) is 0 Å². The Balaban J connectivity index is 2.13. The van der Waals surface area contributed by atoms with Crippen LogP contribution in [0.25, 0.3) is 0 Å². The van der Waals surface area contributed by atoms with Crippen molar-refractivity contribution in [3.8, 4) is 0 Å². The van der Waals surface area contributed by atoms with E-state index in [0.29, 0.717) is 12.3 Å². The van der Waals surface area contributed by atoms with E-state index in [4.69, 9.17) is 0 Å². The Labute approximate surface area is 71.1 Å². The Morgan fingerprint density at radius 2 is 1.58 bits per heavy atom. The average molecular weight is 180 g/mol. The van der Waals surface area contributed by atoms with Crippen LogP contribution in [0.4, 0.5) is 13.2 Å². The van der Waals surface area contributed by atoms with Crippen LogP contribution < -0.4 is 0 Å². The van der Waals surface area contributed by atoms with Gasteiger partial charge in [0.25, 0.3) is 0 Å². The second-order valence-electron chi connectivity index (χ2n) is 3.66. The lowest BCUT2D eigenvalue weighted by atomic mass is 9.86. The lowest BCUT2D eigenvalue weighted by Gasteiger charge is -2.21. The first-order valence-corrected chi connectivity index (χ1v) is 4.65. The van der Waals surface area contributed by atoms with Gasteiger partial charge in [0.1, 0.15) is 0 Å². The summed E-state index contributed by atoms with van der Waals surface area (Å²) in [5.74, 6) is 0.348. The van der Waals surface area contributed by atoms with Crippen LogP contribution in [-0.4, -0.2) is 6.18 Å². The Morgan fingerprint density at radius 1 is 1.00 bits per heavy atom. The van der Waals surface area contributed by atoms with E-state index in [0.717, 1.165) is 25.7 Å². The van der Waals surface area contributed by atoms with Gasteiger partial charge in [-0.05, 0) is 12.3 Å². The highest BCUT2D eigenvalue weighted by molar-refractivity contribution is 4.67. The second-order valence-corrected chi connectivity index (χ2v) is 3.66. The molecule has 3 heteroatoms. The van der Waals surface area contributed by atoms with Crippen molar-refractivity contribution >= 4 is 0 Å². The number of alkyl halides is 3. The molecule has 0 aromatic rings. The van der Waals surface area contributed by atoms with Gasteiger partial charge >= 0.3 is 6.18 Å². The number of halogens is 3. The number of rotatable bonds is 2. The molecule has 0 aromatic carbocycles. The topological polar surface area (TPSA) is 0 Å². The first-order valence-electron chi connectivity index (χ1n) is 4.65. The van der Waals surface area contributed by atoms with Crippen molar-refractivity contribution in [3.05, 3.63) is 0 Å². The standard InChI is InChI=1S/C9H15F3/c10-9(11,12)7-6-8-4-2-1-3-5-8/h8H,1-7H2. The normalized spacial score (nSPS) is 21.2. The van der Waals surface area contributed by atoms with E-state index in [1.807, 2.05) is 0 Å². The molecule has 0 saturated heterocycles. The van der Waals surface area contributed by atoms with E-state index in [2.05, 4.69) is 0 Å². The lowest BCUT2D eigenvalue weighted by Crippen LogP contribution is -2.13. The van der Waals surface area contributed by atoms with E-state index < -0.39 is 12.6 Å². The van der Waals surface area contributed by atoms with Gasteiger partial charge in [0, 0.05) is 6.42 Å². The molecular formula is C9H15F3. The fourth-order valence-electron chi connectivity index (χ4n) is 1.84. The Kier molecular flexibility index (Phi) is 3.41. The van der Waals surface area contributed by atoms with Crippen molar-refractivity contribution in [3.63, 3.8) is 0 Å². The van der Waals surface area contributed by atoms with Crippen LogP contribution in [-0.2, 0) is 0 Å². The maximum Gasteiger partial charge on any atom is 0.389 e. The van der Waals surface area contributed by atoms with Crippen LogP contribution in [0, 0.1) is 5.92 Å². The molecule has 12 heavy (non-hydrogen) atoms. The van der Waals surface area contributed by atoms with Crippen LogP contribution in [0.15, 0.2) is 0 Å². The summed E-state index contributed by atoms with van der Waals surface area (Å²) in [6.07, 6.45) is 1.30. The summed E-state index contributed by atoms with van der Waals surface area (Å²) >= 11 is 0. The highest BCUT2D eigenvalue weighted by Gasteiger charge is 2.28. The van der Waals surface area contributed by atoms with Crippen molar-refractivity contribution < 1.29 is 13.2 Å². The zero-order valence-electron chi connectivity index (χ0n) is 7.16. The van der Waals surface area contributed by atoms with Gasteiger partial charge in [-0.1, -0.05) is 32.1 Å². The van der Waals surface area contributed by atoms with Crippen molar-refractivity contribution in [2.75, 3.05) is 0 Å². The minimum Gasteiger partial charge on any atom is -0.171 e. The maximum absolute atomic E-state index is 11.8. The lowest BCUT2D eigenvalue weighted by molar-refractivity contribution is -0.138. The molecule has 0 aliphatic heterocycles. The van der Waals surface area contributed by atoms with Crippen LogP contribution in [0.2, 0.25) is 0 Å². The van der Waals surface area contributed by atoms with Gasteiger partial charge in [0.2, 0.25) is 0 Å². The van der Waals surface area contributed by atoms with E-state index in [-0.39, 0.29) is 0 Å². The summed E-state index contributed by atoms with van der Waals surface area (Å²) in [7, 11) is 0. The third kappa shape index (κ3) is 3.98. The molecule has 0 radical (unpaired) electrons. The summed E-state index contributed by atoms with van der Waals surface area (Å²) in [5, 5.41) is 0. The summed E-state index contributed by atoms with van der Waals surface area (Å²) in [6.45, 7) is 0. The Bertz CT molecular complexity index is 122. The zero-order valence-corrected chi connectivity index (χ0v) is 7.16. The molecule has 0 amide bonds. The zero-order chi connectivity index (χ0) is 9.03. The van der Waals surface area contributed by atoms with Crippen molar-refractivity contribution in [1.29, 1.82) is 0 Å². The third-order valence-electron chi connectivity index (χ3n) is 2.56. The predicted octanol–water partition coefficient (Wildman–Crippen LogP) is 3.91. The Morgan fingerprint density at radius 3 is 2.08 bits per heavy atom. The van der Waals surface area contributed by atoms with Crippen LogP contribution in [0.3, 0.4) is 0 Å². The molecule has 1 rings (SSSR count). The molecular weight excluding hydrogens is 165 g/mol. The second kappa shape index (κ2) is 4.15. The van der Waals surface area contributed by atoms with E-state index >= 15 is 0 Å². The van der Waals surface area contributed by atoms with Gasteiger partial charge in [0.15, 0.2) is 0 Å². The molecule has 0 heterocycles. The molecule has 1 aliphatic rings. The molecule has 1 saturated carbocycles. The van der Waals surface area contributed by atoms with Crippen molar-refractivity contribution in [1.82, 2.24) is 0 Å². The van der Waals surface area contributed by atoms with Crippen LogP contribution in [0.5, 0.6) is 0 Å². The smallest absolute Gasteiger partial charge is 0.171 e. The molecule has 0 atom stereocenters. The van der Waals surface area contributed by atoms with Gasteiger partial charge in [-0.2, -0.15) is 13.2 Å². The predicted molar refractivity (Wildman–Crippen MR) is 41.9 cm³/mol. The molecule has 0 bridgehead atoms. The van der Waals surface area contributed by atoms with Crippen molar-refractivity contribution in [2.45, 2.75) is 51.1 Å². The molecule has 0 spiro atoms. The summed E-state index contributed by atoms with van der Waals surface area (Å²) in [5.41, 5.74) is 0. The highest BCUT2D eigenvalue weighted by atomic mass is 19.4. The fourth-order valence-corrected chi connectivity index (χ4v) is 1.84. The monoisotopic (exact) mass is 180 g/mol. The van der Waals surface area contributed by atoms with Gasteiger partial charge < -0.3 is 0 Å². The minimum atomic E-state index is -3.95. The van der Waals surface area contributed by atoms with E-state index in [1.165, 1.54) is 6.42 Å².